The summed E-state index contributed by atoms with van der Waals surface area (Å²) in [4.78, 5) is 53.1. The molecule has 0 aliphatic carbocycles. The van der Waals surface area contributed by atoms with Gasteiger partial charge in [0, 0.05) is 16.8 Å². The summed E-state index contributed by atoms with van der Waals surface area (Å²) in [6.45, 7) is 6.41. The molecule has 6 N–H and O–H groups in total. The first-order valence-electron chi connectivity index (χ1n) is 12.2. The van der Waals surface area contributed by atoms with Crippen LogP contribution >= 0.6 is 0 Å². The molecule has 1 heterocycles. The number of aromatic amines is 1. The van der Waals surface area contributed by atoms with Gasteiger partial charge in [0.2, 0.25) is 11.8 Å². The Kier molecular flexibility index (Phi) is 8.90. The largest absolute Gasteiger partial charge is 0.494 e. The van der Waals surface area contributed by atoms with E-state index in [0.29, 0.717) is 16.8 Å². The summed E-state index contributed by atoms with van der Waals surface area (Å²) >= 11 is 0. The van der Waals surface area contributed by atoms with Crippen LogP contribution in [0.3, 0.4) is 0 Å². The number of rotatable bonds is 10. The highest BCUT2D eigenvalue weighted by molar-refractivity contribution is 6.05. The Morgan fingerprint density at radius 1 is 0.921 bits per heavy atom. The van der Waals surface area contributed by atoms with E-state index < -0.39 is 35.7 Å². The number of carbonyl (C=O) groups excluding carboxylic acids is 4. The number of urea groups is 1. The summed E-state index contributed by atoms with van der Waals surface area (Å²) < 4.78 is 0. The molecule has 10 heteroatoms. The lowest BCUT2D eigenvalue weighted by molar-refractivity contribution is -0.122. The van der Waals surface area contributed by atoms with Gasteiger partial charge in [-0.2, -0.15) is 0 Å². The van der Waals surface area contributed by atoms with Crippen molar-refractivity contribution in [2.75, 3.05) is 5.32 Å². The lowest BCUT2D eigenvalue weighted by Gasteiger charge is -2.24. The Bertz CT molecular complexity index is 1330. The van der Waals surface area contributed by atoms with Crippen molar-refractivity contribution in [3.05, 3.63) is 76.9 Å². The fraction of sp³-hybridized carbons (Fsp3) is 0.286. The number of Topliss-reactive ketones (excluding diaryl/α,β-unsaturated/α-hetero) is 2. The summed E-state index contributed by atoms with van der Waals surface area (Å²) in [7, 11) is 0. The smallest absolute Gasteiger partial charge is 0.319 e. The molecular weight excluding hydrogens is 488 g/mol. The summed E-state index contributed by atoms with van der Waals surface area (Å²) in [5.41, 5.74) is 1.63. The average Bonchev–Trinajstić information content (AvgIpc) is 3.12. The molecule has 200 valence electrons. The quantitative estimate of drug-likeness (QED) is 0.220. The lowest BCUT2D eigenvalue weighted by atomic mass is 9.93. The minimum Gasteiger partial charge on any atom is -0.494 e. The number of aromatic nitrogens is 1. The molecule has 0 aliphatic heterocycles. The van der Waals surface area contributed by atoms with Crippen LogP contribution in [0.15, 0.2) is 54.6 Å². The standard InChI is InChI=1S/C28H32N4O6/c1-15(2)24(25(35)23-16(3)26(36)32-27(23)37)31-22(34)14-21(18-9-6-5-7-10-18)30-28(38)29-20-12-8-11-19(13-20)17(4)33/h5-13,15,21,24,32,36-37H,14H2,1-4H3,(H,31,34)(H2,29,30,38)/t21?,24-/m0/s1. The van der Waals surface area contributed by atoms with E-state index in [9.17, 15) is 29.4 Å². The van der Waals surface area contributed by atoms with Crippen LogP contribution in [0.5, 0.6) is 11.8 Å². The predicted molar refractivity (Wildman–Crippen MR) is 142 cm³/mol. The highest BCUT2D eigenvalue weighted by atomic mass is 16.3. The van der Waals surface area contributed by atoms with Crippen LogP contribution in [-0.2, 0) is 4.79 Å². The number of ketones is 2. The minimum absolute atomic E-state index is 0.0913. The van der Waals surface area contributed by atoms with Gasteiger partial charge >= 0.3 is 6.03 Å². The van der Waals surface area contributed by atoms with E-state index in [1.165, 1.54) is 13.8 Å². The monoisotopic (exact) mass is 520 g/mol. The molecule has 10 nitrogen and oxygen atoms in total. The SMILES string of the molecule is CC(=O)c1cccc(NC(=O)NC(CC(=O)N[C@H](C(=O)c2c(O)[nH]c(O)c2C)C(C)C)c2ccccc2)c1. The number of carbonyl (C=O) groups is 4. The van der Waals surface area contributed by atoms with Crippen LogP contribution in [0.1, 0.15) is 65.1 Å². The van der Waals surface area contributed by atoms with E-state index in [-0.39, 0.29) is 35.1 Å². The fourth-order valence-electron chi connectivity index (χ4n) is 4.05. The maximum atomic E-state index is 13.2. The molecule has 0 spiro atoms. The number of hydrogen-bond acceptors (Lipinski definition) is 6. The number of aromatic hydroxyl groups is 2. The van der Waals surface area contributed by atoms with Gasteiger partial charge in [-0.3, -0.25) is 19.4 Å². The molecule has 2 aromatic carbocycles. The summed E-state index contributed by atoms with van der Waals surface area (Å²) in [5.74, 6) is -2.32. The molecule has 0 saturated heterocycles. The molecular formula is C28H32N4O6. The van der Waals surface area contributed by atoms with Crippen molar-refractivity contribution in [3.8, 4) is 11.8 Å². The second-order valence-corrected chi connectivity index (χ2v) is 9.38. The molecule has 0 saturated carbocycles. The molecule has 0 radical (unpaired) electrons. The third-order valence-corrected chi connectivity index (χ3v) is 6.14. The lowest BCUT2D eigenvalue weighted by Crippen LogP contribution is -2.46. The third kappa shape index (κ3) is 6.78. The number of H-pyrrole nitrogens is 1. The molecule has 0 aliphatic rings. The summed E-state index contributed by atoms with van der Waals surface area (Å²) in [6.07, 6.45) is -0.176. The highest BCUT2D eigenvalue weighted by Crippen LogP contribution is 2.30. The third-order valence-electron chi connectivity index (χ3n) is 6.14. The van der Waals surface area contributed by atoms with Crippen LogP contribution in [0, 0.1) is 12.8 Å². The van der Waals surface area contributed by atoms with Gasteiger partial charge in [-0.05, 0) is 37.5 Å². The van der Waals surface area contributed by atoms with Gasteiger partial charge < -0.3 is 26.2 Å². The van der Waals surface area contributed by atoms with Crippen LogP contribution in [0.4, 0.5) is 10.5 Å². The van der Waals surface area contributed by atoms with E-state index in [4.69, 9.17) is 0 Å². The molecule has 38 heavy (non-hydrogen) atoms. The molecule has 3 aromatic rings. The van der Waals surface area contributed by atoms with E-state index in [0.717, 1.165) is 0 Å². The summed E-state index contributed by atoms with van der Waals surface area (Å²) in [5, 5.41) is 28.1. The average molecular weight is 521 g/mol. The Hall–Kier alpha value is -4.60. The predicted octanol–water partition coefficient (Wildman–Crippen LogP) is 4.21. The van der Waals surface area contributed by atoms with Crippen molar-refractivity contribution in [1.29, 1.82) is 0 Å². The normalized spacial score (nSPS) is 12.4. The van der Waals surface area contributed by atoms with Crippen molar-refractivity contribution in [3.63, 3.8) is 0 Å². The molecule has 1 aromatic heterocycles. The first kappa shape index (κ1) is 28.0. The first-order valence-corrected chi connectivity index (χ1v) is 12.2. The van der Waals surface area contributed by atoms with Crippen molar-refractivity contribution in [1.82, 2.24) is 15.6 Å². The van der Waals surface area contributed by atoms with Gasteiger partial charge in [-0.25, -0.2) is 4.79 Å². The fourth-order valence-corrected chi connectivity index (χ4v) is 4.05. The Labute approximate surface area is 220 Å². The van der Waals surface area contributed by atoms with Crippen LogP contribution < -0.4 is 16.0 Å². The number of nitrogens with one attached hydrogen (secondary N) is 4. The Balaban J connectivity index is 1.76. The van der Waals surface area contributed by atoms with Crippen LogP contribution in [0.2, 0.25) is 0 Å². The van der Waals surface area contributed by atoms with Gasteiger partial charge in [0.25, 0.3) is 0 Å². The topological polar surface area (TPSA) is 161 Å². The van der Waals surface area contributed by atoms with E-state index >= 15 is 0 Å². The minimum atomic E-state index is -0.984. The first-order chi connectivity index (χ1) is 18.0. The molecule has 0 fully saturated rings. The molecule has 0 bridgehead atoms. The zero-order chi connectivity index (χ0) is 28.0. The van der Waals surface area contributed by atoms with Crippen molar-refractivity contribution in [2.24, 2.45) is 5.92 Å². The van der Waals surface area contributed by atoms with Gasteiger partial charge in [0.05, 0.1) is 24.1 Å². The van der Waals surface area contributed by atoms with Crippen LogP contribution in [-0.4, -0.2) is 44.7 Å². The van der Waals surface area contributed by atoms with E-state index in [1.807, 2.05) is 6.07 Å². The number of benzene rings is 2. The van der Waals surface area contributed by atoms with Crippen molar-refractivity contribution >= 4 is 29.2 Å². The maximum absolute atomic E-state index is 13.2. The molecule has 3 amide bonds. The van der Waals surface area contributed by atoms with Crippen molar-refractivity contribution < 1.29 is 29.4 Å². The molecule has 2 atom stereocenters. The van der Waals surface area contributed by atoms with Gasteiger partial charge in [-0.15, -0.1) is 0 Å². The van der Waals surface area contributed by atoms with Gasteiger partial charge in [-0.1, -0.05) is 56.3 Å². The van der Waals surface area contributed by atoms with Gasteiger partial charge in [0.1, 0.15) is 0 Å². The maximum Gasteiger partial charge on any atom is 0.319 e. The zero-order valence-corrected chi connectivity index (χ0v) is 21.7. The van der Waals surface area contributed by atoms with Gasteiger partial charge in [0.15, 0.2) is 17.4 Å². The summed E-state index contributed by atoms with van der Waals surface area (Å²) in [6, 6.07) is 13.1. The number of hydrogen-bond donors (Lipinski definition) is 6. The van der Waals surface area contributed by atoms with E-state index in [2.05, 4.69) is 20.9 Å². The Morgan fingerprint density at radius 2 is 1.61 bits per heavy atom. The Morgan fingerprint density at radius 3 is 2.18 bits per heavy atom. The second-order valence-electron chi connectivity index (χ2n) is 9.38. The molecule has 1 unspecified atom stereocenters. The number of amides is 3. The van der Waals surface area contributed by atoms with E-state index in [1.54, 1.807) is 62.4 Å². The molecule has 3 rings (SSSR count). The second kappa shape index (κ2) is 12.1. The highest BCUT2D eigenvalue weighted by Gasteiger charge is 2.31. The van der Waals surface area contributed by atoms with Crippen LogP contribution in [0.25, 0.3) is 0 Å². The number of anilines is 1. The van der Waals surface area contributed by atoms with Crippen molar-refractivity contribution in [2.45, 2.75) is 46.2 Å². The zero-order valence-electron chi connectivity index (χ0n) is 21.7.